The Kier molecular flexibility index (Phi) is 6.06. The predicted octanol–water partition coefficient (Wildman–Crippen LogP) is 2.77. The molecular weight excluding hydrogens is 430 g/mol. The van der Waals surface area contributed by atoms with Gasteiger partial charge >= 0.3 is 0 Å². The average Bonchev–Trinajstić information content (AvgIpc) is 3.22. The maximum absolute atomic E-state index is 12.5. The van der Waals surface area contributed by atoms with Crippen LogP contribution in [-0.2, 0) is 10.0 Å². The number of sulfonamides is 1. The van der Waals surface area contributed by atoms with E-state index in [0.717, 1.165) is 22.4 Å². The first-order valence-electron chi connectivity index (χ1n) is 9.94. The van der Waals surface area contributed by atoms with Gasteiger partial charge < -0.3 is 9.47 Å². The number of ether oxygens (including phenoxy) is 2. The maximum atomic E-state index is 12.5. The fourth-order valence-electron chi connectivity index (χ4n) is 3.07. The molecule has 9 nitrogen and oxygen atoms in total. The Balaban J connectivity index is 1.42. The smallest absolute Gasteiger partial charge is 0.240 e. The standard InChI is InChI=1S/C22H23N5O4S/c1-15-4-9-19(14-16(15)2)32(28,29)23-12-13-31-21-11-10-20-24-25-22(27(20)26-21)17-5-7-18(30-3)8-6-17/h4-11,14,23H,12-13H2,1-3H3. The lowest BCUT2D eigenvalue weighted by Crippen LogP contribution is -2.28. The van der Waals surface area contributed by atoms with Crippen LogP contribution in [0.15, 0.2) is 59.5 Å². The van der Waals surface area contributed by atoms with E-state index in [-0.39, 0.29) is 18.0 Å². The minimum absolute atomic E-state index is 0.0997. The molecule has 0 atom stereocenters. The largest absolute Gasteiger partial charge is 0.497 e. The summed E-state index contributed by atoms with van der Waals surface area (Å²) in [7, 11) is -2.01. The molecule has 0 spiro atoms. The van der Waals surface area contributed by atoms with Crippen molar-refractivity contribution in [2.24, 2.45) is 0 Å². The van der Waals surface area contributed by atoms with Gasteiger partial charge in [-0.05, 0) is 67.4 Å². The van der Waals surface area contributed by atoms with Gasteiger partial charge in [0.25, 0.3) is 0 Å². The van der Waals surface area contributed by atoms with Gasteiger partial charge in [0.2, 0.25) is 15.9 Å². The second kappa shape index (κ2) is 8.93. The highest BCUT2D eigenvalue weighted by molar-refractivity contribution is 7.89. The molecule has 0 saturated heterocycles. The van der Waals surface area contributed by atoms with Crippen molar-refractivity contribution in [2.45, 2.75) is 18.7 Å². The van der Waals surface area contributed by atoms with Gasteiger partial charge in [0.1, 0.15) is 12.4 Å². The van der Waals surface area contributed by atoms with Gasteiger partial charge in [0.05, 0.1) is 12.0 Å². The van der Waals surface area contributed by atoms with E-state index in [1.54, 1.807) is 42.0 Å². The minimum Gasteiger partial charge on any atom is -0.497 e. The predicted molar refractivity (Wildman–Crippen MR) is 119 cm³/mol. The van der Waals surface area contributed by atoms with Gasteiger partial charge in [-0.25, -0.2) is 13.1 Å². The van der Waals surface area contributed by atoms with E-state index >= 15 is 0 Å². The summed E-state index contributed by atoms with van der Waals surface area (Å²) in [5.74, 6) is 1.63. The number of aryl methyl sites for hydroxylation is 2. The fraction of sp³-hybridized carbons (Fsp3) is 0.227. The quantitative estimate of drug-likeness (QED) is 0.409. The summed E-state index contributed by atoms with van der Waals surface area (Å²) in [4.78, 5) is 0.230. The highest BCUT2D eigenvalue weighted by atomic mass is 32.2. The third kappa shape index (κ3) is 4.56. The van der Waals surface area contributed by atoms with Crippen LogP contribution in [0.25, 0.3) is 17.0 Å². The van der Waals surface area contributed by atoms with Gasteiger partial charge in [-0.1, -0.05) is 6.07 Å². The number of hydrogen-bond donors (Lipinski definition) is 1. The molecule has 2 heterocycles. The number of fused-ring (bicyclic) bond motifs is 1. The summed E-state index contributed by atoms with van der Waals surface area (Å²) < 4.78 is 39.9. The van der Waals surface area contributed by atoms with Crippen LogP contribution < -0.4 is 14.2 Å². The SMILES string of the molecule is COc1ccc(-c2nnc3ccc(OCCNS(=O)(=O)c4ccc(C)c(C)c4)nn23)cc1. The van der Waals surface area contributed by atoms with Crippen LogP contribution in [0.1, 0.15) is 11.1 Å². The Morgan fingerprint density at radius 2 is 1.75 bits per heavy atom. The molecule has 4 rings (SSSR count). The number of methoxy groups -OCH3 is 1. The average molecular weight is 454 g/mol. The molecule has 0 fully saturated rings. The Hall–Kier alpha value is -3.50. The molecule has 2 aromatic carbocycles. The summed E-state index contributed by atoms with van der Waals surface area (Å²) in [6.45, 7) is 4.03. The van der Waals surface area contributed by atoms with Crippen LogP contribution in [0, 0.1) is 13.8 Å². The zero-order valence-electron chi connectivity index (χ0n) is 17.9. The van der Waals surface area contributed by atoms with Crippen molar-refractivity contribution in [3.05, 3.63) is 65.7 Å². The van der Waals surface area contributed by atoms with Crippen molar-refractivity contribution in [1.29, 1.82) is 0 Å². The summed E-state index contributed by atoms with van der Waals surface area (Å²) in [6.07, 6.45) is 0. The molecule has 4 aromatic rings. The van der Waals surface area contributed by atoms with Crippen LogP contribution in [0.2, 0.25) is 0 Å². The third-order valence-electron chi connectivity index (χ3n) is 5.02. The van der Waals surface area contributed by atoms with E-state index in [4.69, 9.17) is 9.47 Å². The monoisotopic (exact) mass is 453 g/mol. The molecule has 2 aromatic heterocycles. The van der Waals surface area contributed by atoms with Crippen LogP contribution in [0.4, 0.5) is 0 Å². The lowest BCUT2D eigenvalue weighted by Gasteiger charge is -2.10. The normalized spacial score (nSPS) is 11.6. The van der Waals surface area contributed by atoms with E-state index in [1.165, 1.54) is 0 Å². The molecule has 0 saturated carbocycles. The zero-order chi connectivity index (χ0) is 22.7. The topological polar surface area (TPSA) is 108 Å². The van der Waals surface area contributed by atoms with Gasteiger partial charge in [0, 0.05) is 18.2 Å². The Bertz CT molecular complexity index is 1350. The molecule has 0 aliphatic heterocycles. The first-order valence-corrected chi connectivity index (χ1v) is 11.4. The van der Waals surface area contributed by atoms with Crippen LogP contribution in [0.3, 0.4) is 0 Å². The van der Waals surface area contributed by atoms with E-state index in [2.05, 4.69) is 20.0 Å². The molecule has 0 aliphatic rings. The zero-order valence-corrected chi connectivity index (χ0v) is 18.8. The molecule has 166 valence electrons. The first kappa shape index (κ1) is 21.7. The van der Waals surface area contributed by atoms with E-state index < -0.39 is 10.0 Å². The van der Waals surface area contributed by atoms with Crippen LogP contribution >= 0.6 is 0 Å². The number of hydrogen-bond acceptors (Lipinski definition) is 7. The van der Waals surface area contributed by atoms with E-state index in [1.807, 2.05) is 38.1 Å². The molecular formula is C22H23N5O4S. The summed E-state index contributed by atoms with van der Waals surface area (Å²) >= 11 is 0. The Labute approximate surface area is 186 Å². The van der Waals surface area contributed by atoms with Gasteiger partial charge in [-0.2, -0.15) is 4.52 Å². The summed E-state index contributed by atoms with van der Waals surface area (Å²) in [5.41, 5.74) is 3.35. The van der Waals surface area contributed by atoms with Crippen molar-refractivity contribution < 1.29 is 17.9 Å². The number of nitrogens with zero attached hydrogens (tertiary/aromatic N) is 4. The highest BCUT2D eigenvalue weighted by Crippen LogP contribution is 2.22. The summed E-state index contributed by atoms with van der Waals surface area (Å²) in [6, 6.07) is 15.8. The minimum atomic E-state index is -3.61. The lowest BCUT2D eigenvalue weighted by atomic mass is 10.1. The molecule has 0 amide bonds. The molecule has 0 radical (unpaired) electrons. The lowest BCUT2D eigenvalue weighted by molar-refractivity contribution is 0.306. The van der Waals surface area contributed by atoms with Gasteiger partial charge in [-0.15, -0.1) is 15.3 Å². The highest BCUT2D eigenvalue weighted by Gasteiger charge is 2.15. The Morgan fingerprint density at radius 1 is 0.969 bits per heavy atom. The third-order valence-corrected chi connectivity index (χ3v) is 6.48. The number of benzene rings is 2. The molecule has 10 heteroatoms. The maximum Gasteiger partial charge on any atom is 0.240 e. The van der Waals surface area contributed by atoms with Gasteiger partial charge in [0.15, 0.2) is 11.5 Å². The van der Waals surface area contributed by atoms with Crippen LogP contribution in [-0.4, -0.2) is 48.5 Å². The van der Waals surface area contributed by atoms with Crippen molar-refractivity contribution >= 4 is 15.7 Å². The van der Waals surface area contributed by atoms with Crippen LogP contribution in [0.5, 0.6) is 11.6 Å². The van der Waals surface area contributed by atoms with Crippen molar-refractivity contribution in [2.75, 3.05) is 20.3 Å². The molecule has 32 heavy (non-hydrogen) atoms. The molecule has 0 aliphatic carbocycles. The molecule has 0 unspecified atom stereocenters. The molecule has 1 N–H and O–H groups in total. The van der Waals surface area contributed by atoms with Crippen molar-refractivity contribution in [3.8, 4) is 23.0 Å². The second-order valence-corrected chi connectivity index (χ2v) is 8.95. The number of aromatic nitrogens is 4. The number of nitrogens with one attached hydrogen (secondary N) is 1. The van der Waals surface area contributed by atoms with Crippen molar-refractivity contribution in [1.82, 2.24) is 24.5 Å². The number of rotatable bonds is 8. The molecule has 0 bridgehead atoms. The van der Waals surface area contributed by atoms with E-state index in [0.29, 0.717) is 17.4 Å². The first-order chi connectivity index (χ1) is 15.4. The van der Waals surface area contributed by atoms with Crippen molar-refractivity contribution in [3.63, 3.8) is 0 Å². The summed E-state index contributed by atoms with van der Waals surface area (Å²) in [5, 5.41) is 12.8. The fourth-order valence-corrected chi connectivity index (χ4v) is 4.16. The second-order valence-electron chi connectivity index (χ2n) is 7.19. The Morgan fingerprint density at radius 3 is 2.47 bits per heavy atom. The van der Waals surface area contributed by atoms with Gasteiger partial charge in [-0.3, -0.25) is 0 Å². The van der Waals surface area contributed by atoms with E-state index in [9.17, 15) is 8.42 Å².